The zero-order valence-corrected chi connectivity index (χ0v) is 12.9. The van der Waals surface area contributed by atoms with Crippen molar-refractivity contribution in [1.29, 1.82) is 0 Å². The highest BCUT2D eigenvalue weighted by molar-refractivity contribution is 6.32. The maximum absolute atomic E-state index is 12.8. The molecular weight excluding hydrogens is 302 g/mol. The summed E-state index contributed by atoms with van der Waals surface area (Å²) in [5.41, 5.74) is 0.0282. The molecule has 1 aromatic carbocycles. The van der Waals surface area contributed by atoms with Crippen LogP contribution in [0.25, 0.3) is 16.7 Å². The van der Waals surface area contributed by atoms with E-state index in [2.05, 4.69) is 4.98 Å². The van der Waals surface area contributed by atoms with E-state index in [-0.39, 0.29) is 11.6 Å². The second-order valence-corrected chi connectivity index (χ2v) is 5.62. The molecule has 0 aliphatic heterocycles. The monoisotopic (exact) mass is 315 g/mol. The Bertz CT molecular complexity index is 973. The molecule has 0 aliphatic carbocycles. The fraction of sp³-hybridized carbons (Fsp3) is 0.188. The predicted molar refractivity (Wildman–Crippen MR) is 87.0 cm³/mol. The van der Waals surface area contributed by atoms with Gasteiger partial charge in [0.15, 0.2) is 5.65 Å². The molecule has 22 heavy (non-hydrogen) atoms. The van der Waals surface area contributed by atoms with Crippen molar-refractivity contribution in [3.8, 4) is 5.69 Å². The average molecular weight is 316 g/mol. The second kappa shape index (κ2) is 5.42. The molecular formula is C16H14ClN3O2. The number of nitrogens with zero attached hydrogens (tertiary/aromatic N) is 3. The summed E-state index contributed by atoms with van der Waals surface area (Å²) in [6.45, 7) is 3.59. The Balaban J connectivity index is 2.57. The van der Waals surface area contributed by atoms with Crippen LogP contribution in [0.1, 0.15) is 19.9 Å². The first-order chi connectivity index (χ1) is 10.5. The summed E-state index contributed by atoms with van der Waals surface area (Å²) in [5, 5.41) is 0.807. The molecule has 3 aromatic rings. The number of halogens is 1. The number of para-hydroxylation sites is 1. The number of benzene rings is 1. The molecule has 2 heterocycles. The highest BCUT2D eigenvalue weighted by Gasteiger charge is 2.18. The molecule has 0 saturated carbocycles. The SMILES string of the molecule is CC(C)n1c(=O)c2cccnc2n(-c2ccccc2Cl)c1=O. The van der Waals surface area contributed by atoms with Gasteiger partial charge in [-0.3, -0.25) is 9.36 Å². The van der Waals surface area contributed by atoms with Crippen LogP contribution in [0.3, 0.4) is 0 Å². The third-order valence-electron chi connectivity index (χ3n) is 3.45. The zero-order valence-electron chi connectivity index (χ0n) is 12.2. The molecule has 0 fully saturated rings. The van der Waals surface area contributed by atoms with Gasteiger partial charge in [-0.25, -0.2) is 14.3 Å². The average Bonchev–Trinajstić information content (AvgIpc) is 2.49. The summed E-state index contributed by atoms with van der Waals surface area (Å²) in [7, 11) is 0. The molecule has 0 saturated heterocycles. The summed E-state index contributed by atoms with van der Waals surface area (Å²) >= 11 is 6.23. The van der Waals surface area contributed by atoms with Gasteiger partial charge < -0.3 is 0 Å². The summed E-state index contributed by atoms with van der Waals surface area (Å²) in [6, 6.07) is 10.1. The van der Waals surface area contributed by atoms with E-state index < -0.39 is 5.69 Å². The Morgan fingerprint density at radius 2 is 1.82 bits per heavy atom. The van der Waals surface area contributed by atoms with E-state index in [1.807, 2.05) is 0 Å². The van der Waals surface area contributed by atoms with Crippen LogP contribution in [-0.4, -0.2) is 14.1 Å². The Morgan fingerprint density at radius 3 is 2.50 bits per heavy atom. The van der Waals surface area contributed by atoms with Gasteiger partial charge in [0.2, 0.25) is 0 Å². The molecule has 0 amide bonds. The number of fused-ring (bicyclic) bond motifs is 1. The lowest BCUT2D eigenvalue weighted by Crippen LogP contribution is -2.40. The van der Waals surface area contributed by atoms with Crippen LogP contribution in [0.2, 0.25) is 5.02 Å². The highest BCUT2D eigenvalue weighted by atomic mass is 35.5. The van der Waals surface area contributed by atoms with Gasteiger partial charge in [0, 0.05) is 12.2 Å². The van der Waals surface area contributed by atoms with Crippen LogP contribution in [0.5, 0.6) is 0 Å². The van der Waals surface area contributed by atoms with Crippen LogP contribution in [0.15, 0.2) is 52.2 Å². The number of rotatable bonds is 2. The minimum absolute atomic E-state index is 0.265. The first kappa shape index (κ1) is 14.5. The summed E-state index contributed by atoms with van der Waals surface area (Å²) in [4.78, 5) is 29.6. The Hall–Kier alpha value is -2.40. The number of hydrogen-bond donors (Lipinski definition) is 0. The first-order valence-electron chi connectivity index (χ1n) is 6.89. The van der Waals surface area contributed by atoms with Crippen molar-refractivity contribution in [3.63, 3.8) is 0 Å². The van der Waals surface area contributed by atoms with Crippen LogP contribution in [0.4, 0.5) is 0 Å². The van der Waals surface area contributed by atoms with Gasteiger partial charge in [0.05, 0.1) is 16.1 Å². The number of pyridine rings is 1. The normalized spacial score (nSPS) is 11.3. The molecule has 0 radical (unpaired) electrons. The summed E-state index contributed by atoms with van der Waals surface area (Å²) in [5.74, 6) is 0. The van der Waals surface area contributed by atoms with Gasteiger partial charge in [0.25, 0.3) is 5.56 Å². The number of hydrogen-bond acceptors (Lipinski definition) is 3. The fourth-order valence-corrected chi connectivity index (χ4v) is 2.68. The molecule has 6 heteroatoms. The third kappa shape index (κ3) is 2.14. The predicted octanol–water partition coefficient (Wildman–Crippen LogP) is 2.78. The molecule has 0 N–H and O–H groups in total. The van der Waals surface area contributed by atoms with Gasteiger partial charge in [-0.05, 0) is 38.1 Å². The van der Waals surface area contributed by atoms with Crippen molar-refractivity contribution in [1.82, 2.24) is 14.1 Å². The largest absolute Gasteiger partial charge is 0.337 e. The van der Waals surface area contributed by atoms with Crippen LogP contribution < -0.4 is 11.2 Å². The second-order valence-electron chi connectivity index (χ2n) is 5.21. The smallest absolute Gasteiger partial charge is 0.268 e. The van der Waals surface area contributed by atoms with Gasteiger partial charge in [-0.15, -0.1) is 0 Å². The molecule has 112 valence electrons. The standard InChI is InChI=1S/C16H14ClN3O2/c1-10(2)19-15(21)11-6-5-9-18-14(11)20(16(19)22)13-8-4-3-7-12(13)17/h3-10H,1-2H3. The first-order valence-corrected chi connectivity index (χ1v) is 7.27. The Kier molecular flexibility index (Phi) is 3.58. The maximum atomic E-state index is 12.8. The molecule has 5 nitrogen and oxygen atoms in total. The van der Waals surface area contributed by atoms with Crippen molar-refractivity contribution >= 4 is 22.6 Å². The zero-order chi connectivity index (χ0) is 15.9. The van der Waals surface area contributed by atoms with E-state index in [9.17, 15) is 9.59 Å². The minimum Gasteiger partial charge on any atom is -0.268 e. The lowest BCUT2D eigenvalue weighted by Gasteiger charge is -2.16. The topological polar surface area (TPSA) is 56.9 Å². The van der Waals surface area contributed by atoms with E-state index in [4.69, 9.17) is 11.6 Å². The van der Waals surface area contributed by atoms with Crippen molar-refractivity contribution in [2.24, 2.45) is 0 Å². The van der Waals surface area contributed by atoms with Gasteiger partial charge in [-0.2, -0.15) is 0 Å². The molecule has 2 aromatic heterocycles. The van der Waals surface area contributed by atoms with Gasteiger partial charge in [-0.1, -0.05) is 23.7 Å². The lowest BCUT2D eigenvalue weighted by atomic mass is 10.2. The van der Waals surface area contributed by atoms with Crippen LogP contribution in [0, 0.1) is 0 Å². The van der Waals surface area contributed by atoms with Crippen molar-refractivity contribution in [3.05, 3.63) is 68.5 Å². The van der Waals surface area contributed by atoms with Crippen molar-refractivity contribution in [2.75, 3.05) is 0 Å². The number of aromatic nitrogens is 3. The highest BCUT2D eigenvalue weighted by Crippen LogP contribution is 2.20. The fourth-order valence-electron chi connectivity index (χ4n) is 2.46. The van der Waals surface area contributed by atoms with E-state index in [0.29, 0.717) is 21.7 Å². The van der Waals surface area contributed by atoms with E-state index in [1.54, 1.807) is 56.4 Å². The molecule has 0 unspecified atom stereocenters. The van der Waals surface area contributed by atoms with E-state index in [0.717, 1.165) is 0 Å². The maximum Gasteiger partial charge on any atom is 0.337 e. The molecule has 0 bridgehead atoms. The Labute approximate surface area is 131 Å². The minimum atomic E-state index is -0.445. The summed E-state index contributed by atoms with van der Waals surface area (Å²) in [6.07, 6.45) is 1.55. The van der Waals surface area contributed by atoms with E-state index >= 15 is 0 Å². The lowest BCUT2D eigenvalue weighted by molar-refractivity contribution is 0.540. The van der Waals surface area contributed by atoms with Crippen LogP contribution in [-0.2, 0) is 0 Å². The van der Waals surface area contributed by atoms with Crippen molar-refractivity contribution in [2.45, 2.75) is 19.9 Å². The van der Waals surface area contributed by atoms with Gasteiger partial charge >= 0.3 is 5.69 Å². The molecule has 0 spiro atoms. The molecule has 3 rings (SSSR count). The Morgan fingerprint density at radius 1 is 1.09 bits per heavy atom. The van der Waals surface area contributed by atoms with Gasteiger partial charge in [0.1, 0.15) is 0 Å². The quantitative estimate of drug-likeness (QED) is 0.730. The summed E-state index contributed by atoms with van der Waals surface area (Å²) < 4.78 is 2.60. The van der Waals surface area contributed by atoms with E-state index in [1.165, 1.54) is 9.13 Å². The van der Waals surface area contributed by atoms with Crippen LogP contribution >= 0.6 is 11.6 Å². The molecule has 0 atom stereocenters. The van der Waals surface area contributed by atoms with Crippen molar-refractivity contribution < 1.29 is 0 Å². The third-order valence-corrected chi connectivity index (χ3v) is 3.77. The molecule has 0 aliphatic rings.